The third-order valence-electron chi connectivity index (χ3n) is 4.65. The van der Waals surface area contributed by atoms with Crippen LogP contribution in [0.3, 0.4) is 0 Å². The molecule has 3 rings (SSSR count). The molecule has 154 valence electrons. The molecule has 0 aliphatic carbocycles. The lowest BCUT2D eigenvalue weighted by molar-refractivity contribution is -0.138. The van der Waals surface area contributed by atoms with Gasteiger partial charge in [0.15, 0.2) is 0 Å². The average Bonchev–Trinajstić information content (AvgIpc) is 3.32. The maximum atomic E-state index is 11.9. The van der Waals surface area contributed by atoms with Crippen molar-refractivity contribution in [3.63, 3.8) is 0 Å². The molecule has 1 saturated heterocycles. The molecule has 0 bridgehead atoms. The van der Waals surface area contributed by atoms with E-state index in [2.05, 4.69) is 15.5 Å². The molecule has 0 spiro atoms. The van der Waals surface area contributed by atoms with Gasteiger partial charge in [-0.05, 0) is 37.1 Å². The van der Waals surface area contributed by atoms with Gasteiger partial charge in [0.05, 0.1) is 7.11 Å². The van der Waals surface area contributed by atoms with Crippen LogP contribution in [0, 0.1) is 0 Å². The molecule has 9 heteroatoms. The monoisotopic (exact) mass is 400 g/mol. The minimum Gasteiger partial charge on any atom is -0.497 e. The van der Waals surface area contributed by atoms with Gasteiger partial charge in [0.1, 0.15) is 5.75 Å². The third-order valence-corrected chi connectivity index (χ3v) is 4.65. The molecule has 2 aromatic rings. The van der Waals surface area contributed by atoms with Gasteiger partial charge in [-0.1, -0.05) is 5.16 Å². The highest BCUT2D eigenvalue weighted by molar-refractivity contribution is 6.01. The Bertz CT molecular complexity index is 846. The highest BCUT2D eigenvalue weighted by Crippen LogP contribution is 2.20. The number of imide groups is 1. The number of amides is 3. The van der Waals surface area contributed by atoms with Crippen molar-refractivity contribution in [2.24, 2.45) is 0 Å². The minimum atomic E-state index is -0.130. The van der Waals surface area contributed by atoms with Crippen LogP contribution in [-0.2, 0) is 20.8 Å². The summed E-state index contributed by atoms with van der Waals surface area (Å²) < 4.78 is 10.4. The molecule has 0 unspecified atom stereocenters. The first-order valence-electron chi connectivity index (χ1n) is 9.63. The number of aromatic nitrogens is 2. The van der Waals surface area contributed by atoms with E-state index in [-0.39, 0.29) is 17.7 Å². The molecule has 0 radical (unpaired) electrons. The van der Waals surface area contributed by atoms with E-state index in [4.69, 9.17) is 9.26 Å². The van der Waals surface area contributed by atoms with Crippen molar-refractivity contribution < 1.29 is 23.6 Å². The summed E-state index contributed by atoms with van der Waals surface area (Å²) in [5, 5.41) is 6.76. The summed E-state index contributed by atoms with van der Waals surface area (Å²) in [7, 11) is 1.60. The maximum absolute atomic E-state index is 11.9. The fourth-order valence-corrected chi connectivity index (χ4v) is 3.04. The lowest BCUT2D eigenvalue weighted by atomic mass is 10.2. The van der Waals surface area contributed by atoms with Gasteiger partial charge in [-0.25, -0.2) is 0 Å². The molecular weight excluding hydrogens is 376 g/mol. The second-order valence-electron chi connectivity index (χ2n) is 6.74. The van der Waals surface area contributed by atoms with Gasteiger partial charge < -0.3 is 14.6 Å². The van der Waals surface area contributed by atoms with E-state index in [1.807, 2.05) is 24.3 Å². The van der Waals surface area contributed by atoms with E-state index >= 15 is 0 Å². The Morgan fingerprint density at radius 1 is 1.17 bits per heavy atom. The molecule has 2 heterocycles. The number of likely N-dealkylation sites (tertiary alicyclic amines) is 1. The average molecular weight is 400 g/mol. The van der Waals surface area contributed by atoms with E-state index in [9.17, 15) is 14.4 Å². The van der Waals surface area contributed by atoms with E-state index in [0.29, 0.717) is 63.3 Å². The number of nitrogens with zero attached hydrogens (tertiary/aromatic N) is 3. The fraction of sp³-hybridized carbons (Fsp3) is 0.450. The summed E-state index contributed by atoms with van der Waals surface area (Å²) in [5.74, 6) is 1.39. The fourth-order valence-electron chi connectivity index (χ4n) is 3.04. The minimum absolute atomic E-state index is 0.0843. The summed E-state index contributed by atoms with van der Waals surface area (Å²) in [6, 6.07) is 7.35. The Morgan fingerprint density at radius 3 is 2.59 bits per heavy atom. The Hall–Kier alpha value is -3.23. The first-order chi connectivity index (χ1) is 14.1. The van der Waals surface area contributed by atoms with Crippen molar-refractivity contribution in [2.45, 2.75) is 38.5 Å². The number of methoxy groups -OCH3 is 1. The molecule has 3 amide bonds. The first-order valence-corrected chi connectivity index (χ1v) is 9.63. The molecule has 9 nitrogen and oxygen atoms in total. The zero-order valence-electron chi connectivity index (χ0n) is 16.3. The number of carbonyl (C=O) groups is 3. The van der Waals surface area contributed by atoms with E-state index in [1.165, 1.54) is 4.90 Å². The van der Waals surface area contributed by atoms with Crippen molar-refractivity contribution in [1.29, 1.82) is 0 Å². The normalized spacial score (nSPS) is 13.8. The number of hydrogen-bond acceptors (Lipinski definition) is 7. The van der Waals surface area contributed by atoms with Gasteiger partial charge in [-0.3, -0.25) is 19.3 Å². The van der Waals surface area contributed by atoms with Crippen LogP contribution in [0.25, 0.3) is 11.4 Å². The Kier molecular flexibility index (Phi) is 6.94. The number of rotatable bonds is 10. The van der Waals surface area contributed by atoms with E-state index in [0.717, 1.165) is 11.3 Å². The van der Waals surface area contributed by atoms with Crippen LogP contribution in [0.1, 0.15) is 38.0 Å². The maximum Gasteiger partial charge on any atom is 0.229 e. The quantitative estimate of drug-likeness (QED) is 0.477. The van der Waals surface area contributed by atoms with E-state index < -0.39 is 0 Å². The van der Waals surface area contributed by atoms with Crippen LogP contribution in [0.15, 0.2) is 28.8 Å². The third kappa shape index (κ3) is 5.63. The van der Waals surface area contributed by atoms with Gasteiger partial charge in [0.25, 0.3) is 0 Å². The summed E-state index contributed by atoms with van der Waals surface area (Å²) in [6.45, 7) is 0.784. The molecule has 0 atom stereocenters. The molecule has 0 saturated carbocycles. The Morgan fingerprint density at radius 2 is 1.90 bits per heavy atom. The molecule has 1 N–H and O–H groups in total. The predicted octanol–water partition coefficient (Wildman–Crippen LogP) is 1.72. The molecular formula is C20H24N4O5. The first kappa shape index (κ1) is 20.5. The van der Waals surface area contributed by atoms with E-state index in [1.54, 1.807) is 7.11 Å². The summed E-state index contributed by atoms with van der Waals surface area (Å²) >= 11 is 0. The standard InChI is InChI=1S/C20H24N4O5/c1-28-15-8-6-14(7-9-15)20-22-17(29-23-20)5-2-4-16(25)21-12-3-13-24-18(26)10-11-19(24)27/h6-9H,2-5,10-13H2,1H3,(H,21,25). The van der Waals surface area contributed by atoms with Crippen molar-refractivity contribution >= 4 is 17.7 Å². The van der Waals surface area contributed by atoms with Crippen LogP contribution in [0.5, 0.6) is 5.75 Å². The highest BCUT2D eigenvalue weighted by Gasteiger charge is 2.27. The Balaban J connectivity index is 1.33. The highest BCUT2D eigenvalue weighted by atomic mass is 16.5. The predicted molar refractivity (Wildman–Crippen MR) is 103 cm³/mol. The smallest absolute Gasteiger partial charge is 0.229 e. The van der Waals surface area contributed by atoms with Crippen LogP contribution in [-0.4, -0.2) is 53.0 Å². The second-order valence-corrected chi connectivity index (χ2v) is 6.74. The van der Waals surface area contributed by atoms with Crippen LogP contribution < -0.4 is 10.1 Å². The largest absolute Gasteiger partial charge is 0.497 e. The lowest BCUT2D eigenvalue weighted by Gasteiger charge is -2.13. The molecule has 1 aromatic carbocycles. The number of ether oxygens (including phenoxy) is 1. The molecule has 1 fully saturated rings. The topological polar surface area (TPSA) is 115 Å². The number of carbonyl (C=O) groups excluding carboxylic acids is 3. The molecule has 1 aliphatic rings. The number of nitrogens with one attached hydrogen (secondary N) is 1. The SMILES string of the molecule is COc1ccc(-c2noc(CCCC(=O)NCCCN3C(=O)CCC3=O)n2)cc1. The van der Waals surface area contributed by atoms with Crippen molar-refractivity contribution in [3.8, 4) is 17.1 Å². The number of benzene rings is 1. The van der Waals surface area contributed by atoms with Crippen LogP contribution in [0.4, 0.5) is 0 Å². The van der Waals surface area contributed by atoms with Gasteiger partial charge in [0, 0.05) is 44.3 Å². The summed E-state index contributed by atoms with van der Waals surface area (Å²) in [4.78, 5) is 40.5. The lowest BCUT2D eigenvalue weighted by Crippen LogP contribution is -2.33. The van der Waals surface area contributed by atoms with Crippen molar-refractivity contribution in [1.82, 2.24) is 20.4 Å². The molecule has 1 aromatic heterocycles. The van der Waals surface area contributed by atoms with Crippen LogP contribution >= 0.6 is 0 Å². The van der Waals surface area contributed by atoms with Gasteiger partial charge in [-0.2, -0.15) is 4.98 Å². The zero-order valence-corrected chi connectivity index (χ0v) is 16.3. The second kappa shape index (κ2) is 9.81. The summed E-state index contributed by atoms with van der Waals surface area (Å²) in [6.07, 6.45) is 2.56. The summed E-state index contributed by atoms with van der Waals surface area (Å²) in [5.41, 5.74) is 0.827. The zero-order chi connectivity index (χ0) is 20.6. The van der Waals surface area contributed by atoms with Crippen LogP contribution in [0.2, 0.25) is 0 Å². The molecule has 29 heavy (non-hydrogen) atoms. The van der Waals surface area contributed by atoms with Crippen molar-refractivity contribution in [2.75, 3.05) is 20.2 Å². The van der Waals surface area contributed by atoms with Crippen molar-refractivity contribution in [3.05, 3.63) is 30.2 Å². The van der Waals surface area contributed by atoms with Gasteiger partial charge in [-0.15, -0.1) is 0 Å². The number of aryl methyl sites for hydroxylation is 1. The van der Waals surface area contributed by atoms with Gasteiger partial charge >= 0.3 is 0 Å². The Labute approximate surface area is 168 Å². The number of hydrogen-bond donors (Lipinski definition) is 1. The van der Waals surface area contributed by atoms with Gasteiger partial charge in [0.2, 0.25) is 29.4 Å². The molecule has 1 aliphatic heterocycles.